The van der Waals surface area contributed by atoms with Crippen LogP contribution in [0.1, 0.15) is 77.0 Å². The zero-order chi connectivity index (χ0) is 12.2. The van der Waals surface area contributed by atoms with Crippen LogP contribution in [0.25, 0.3) is 0 Å². The van der Waals surface area contributed by atoms with E-state index in [1.807, 2.05) is 0 Å². The molecule has 0 aromatic carbocycles. The molecule has 0 amide bonds. The molecule has 1 aliphatic carbocycles. The number of hydrogen-bond donors (Lipinski definition) is 0. The summed E-state index contributed by atoms with van der Waals surface area (Å²) >= 11 is 3.48. The quantitative estimate of drug-likeness (QED) is 0.240. The van der Waals surface area contributed by atoms with Crippen molar-refractivity contribution < 1.29 is 0 Å². The first kappa shape index (κ1) is 15.3. The molecule has 100 valence electrons. The summed E-state index contributed by atoms with van der Waals surface area (Å²) in [5.41, 5.74) is 0. The predicted molar refractivity (Wildman–Crippen MR) is 81.8 cm³/mol. The second kappa shape index (κ2) is 11.3. The normalized spacial score (nSPS) is 19.0. The molecule has 0 radical (unpaired) electrons. The van der Waals surface area contributed by atoms with E-state index in [2.05, 4.69) is 28.1 Å². The Bertz CT molecular complexity index is 186. The van der Waals surface area contributed by atoms with Gasteiger partial charge >= 0.3 is 0 Å². The van der Waals surface area contributed by atoms with E-state index >= 15 is 0 Å². The van der Waals surface area contributed by atoms with Crippen molar-refractivity contribution in [3.63, 3.8) is 0 Å². The zero-order valence-corrected chi connectivity index (χ0v) is 12.9. The van der Waals surface area contributed by atoms with Gasteiger partial charge in [0.15, 0.2) is 0 Å². The fraction of sp³-hybridized carbons (Fsp3) is 0.875. The minimum absolute atomic E-state index is 0.930. The van der Waals surface area contributed by atoms with Crippen molar-refractivity contribution in [1.82, 2.24) is 0 Å². The molecule has 0 aromatic heterocycles. The van der Waals surface area contributed by atoms with E-state index in [4.69, 9.17) is 0 Å². The van der Waals surface area contributed by atoms with Crippen molar-refractivity contribution in [2.24, 2.45) is 5.92 Å². The summed E-state index contributed by atoms with van der Waals surface area (Å²) in [6.45, 7) is 0. The lowest BCUT2D eigenvalue weighted by molar-refractivity contribution is 0.506. The highest BCUT2D eigenvalue weighted by atomic mass is 79.9. The second-order valence-corrected chi connectivity index (χ2v) is 6.22. The topological polar surface area (TPSA) is 0 Å². The van der Waals surface area contributed by atoms with Gasteiger partial charge in [-0.15, -0.1) is 0 Å². The number of allylic oxidation sites excluding steroid dienone is 2. The van der Waals surface area contributed by atoms with Crippen molar-refractivity contribution in [3.05, 3.63) is 12.2 Å². The Kier molecular flexibility index (Phi) is 10.2. The molecule has 0 nitrogen and oxygen atoms in total. The molecule has 17 heavy (non-hydrogen) atoms. The van der Waals surface area contributed by atoms with Gasteiger partial charge in [0.1, 0.15) is 0 Å². The Morgan fingerprint density at radius 2 is 1.41 bits per heavy atom. The number of rotatable bonds is 11. The minimum atomic E-state index is 0.930. The van der Waals surface area contributed by atoms with Gasteiger partial charge in [-0.05, 0) is 31.6 Å². The standard InChI is InChI=1S/C16H29Br/c17-15-11-7-5-3-1-2-4-6-8-12-16-13-9-10-14-16/h9,13,16H,1-8,10-12,14-15H2/t16-/m0/s1. The minimum Gasteiger partial charge on any atom is -0.0928 e. The zero-order valence-electron chi connectivity index (χ0n) is 11.3. The molecule has 0 N–H and O–H groups in total. The highest BCUT2D eigenvalue weighted by molar-refractivity contribution is 9.09. The van der Waals surface area contributed by atoms with Gasteiger partial charge in [-0.3, -0.25) is 0 Å². The van der Waals surface area contributed by atoms with Crippen LogP contribution in [0.5, 0.6) is 0 Å². The maximum atomic E-state index is 3.48. The van der Waals surface area contributed by atoms with Crippen LogP contribution in [0.3, 0.4) is 0 Å². The van der Waals surface area contributed by atoms with Crippen molar-refractivity contribution in [2.45, 2.75) is 77.0 Å². The third-order valence-electron chi connectivity index (χ3n) is 3.82. The van der Waals surface area contributed by atoms with Gasteiger partial charge in [-0.25, -0.2) is 0 Å². The van der Waals surface area contributed by atoms with Crippen molar-refractivity contribution in [2.75, 3.05) is 5.33 Å². The molecule has 0 saturated carbocycles. The predicted octanol–water partition coefficient (Wildman–Crippen LogP) is 6.25. The molecular weight excluding hydrogens is 272 g/mol. The third kappa shape index (κ3) is 8.88. The molecule has 1 atom stereocenters. The van der Waals surface area contributed by atoms with Gasteiger partial charge in [0.05, 0.1) is 0 Å². The maximum Gasteiger partial charge on any atom is 0.00313 e. The number of unbranched alkanes of at least 4 members (excludes halogenated alkanes) is 8. The average Bonchev–Trinajstić information content (AvgIpc) is 2.85. The maximum absolute atomic E-state index is 3.48. The molecule has 0 unspecified atom stereocenters. The fourth-order valence-electron chi connectivity index (χ4n) is 2.67. The summed E-state index contributed by atoms with van der Waals surface area (Å²) in [6.07, 6.45) is 22.0. The Labute approximate surface area is 116 Å². The first-order chi connectivity index (χ1) is 8.43. The van der Waals surface area contributed by atoms with Crippen LogP contribution in [0.15, 0.2) is 12.2 Å². The van der Waals surface area contributed by atoms with E-state index in [-0.39, 0.29) is 0 Å². The average molecular weight is 301 g/mol. The van der Waals surface area contributed by atoms with Crippen molar-refractivity contribution in [1.29, 1.82) is 0 Å². The van der Waals surface area contributed by atoms with Crippen molar-refractivity contribution >= 4 is 15.9 Å². The molecule has 0 bridgehead atoms. The summed E-state index contributed by atoms with van der Waals surface area (Å²) < 4.78 is 0. The molecule has 1 heteroatoms. The third-order valence-corrected chi connectivity index (χ3v) is 4.38. The summed E-state index contributed by atoms with van der Waals surface area (Å²) in [7, 11) is 0. The van der Waals surface area contributed by atoms with Crippen LogP contribution in [-0.2, 0) is 0 Å². The van der Waals surface area contributed by atoms with E-state index in [1.165, 1.54) is 82.4 Å². The molecule has 1 rings (SSSR count). The van der Waals surface area contributed by atoms with E-state index < -0.39 is 0 Å². The SMILES string of the molecule is BrCCCCCCCCCCC[C@H]1C=CCC1. The summed E-state index contributed by atoms with van der Waals surface area (Å²) in [5, 5.41) is 1.18. The Hall–Kier alpha value is 0.220. The molecular formula is C16H29Br. The lowest BCUT2D eigenvalue weighted by Gasteiger charge is -2.06. The van der Waals surface area contributed by atoms with E-state index in [1.54, 1.807) is 0 Å². The Morgan fingerprint density at radius 3 is 1.94 bits per heavy atom. The molecule has 0 aromatic rings. The highest BCUT2D eigenvalue weighted by Crippen LogP contribution is 2.23. The van der Waals surface area contributed by atoms with E-state index in [9.17, 15) is 0 Å². The monoisotopic (exact) mass is 300 g/mol. The summed E-state index contributed by atoms with van der Waals surface area (Å²) in [6, 6.07) is 0. The molecule has 0 heterocycles. The molecule has 0 spiro atoms. The summed E-state index contributed by atoms with van der Waals surface area (Å²) in [5.74, 6) is 0.930. The molecule has 0 saturated heterocycles. The van der Waals surface area contributed by atoms with Gasteiger partial charge in [0, 0.05) is 5.33 Å². The van der Waals surface area contributed by atoms with Crippen LogP contribution in [0.2, 0.25) is 0 Å². The Morgan fingerprint density at radius 1 is 0.824 bits per heavy atom. The highest BCUT2D eigenvalue weighted by Gasteiger charge is 2.07. The van der Waals surface area contributed by atoms with Crippen LogP contribution in [0, 0.1) is 5.92 Å². The largest absolute Gasteiger partial charge is 0.0928 e. The fourth-order valence-corrected chi connectivity index (χ4v) is 3.07. The summed E-state index contributed by atoms with van der Waals surface area (Å²) in [4.78, 5) is 0. The van der Waals surface area contributed by atoms with Crippen LogP contribution < -0.4 is 0 Å². The van der Waals surface area contributed by atoms with E-state index in [0.29, 0.717) is 0 Å². The number of hydrogen-bond acceptors (Lipinski definition) is 0. The Balaban J connectivity index is 1.71. The second-order valence-electron chi connectivity index (χ2n) is 5.43. The first-order valence-electron chi connectivity index (χ1n) is 7.66. The van der Waals surface area contributed by atoms with Crippen molar-refractivity contribution in [3.8, 4) is 0 Å². The van der Waals surface area contributed by atoms with Gasteiger partial charge in [0.25, 0.3) is 0 Å². The molecule has 0 aliphatic heterocycles. The van der Waals surface area contributed by atoms with E-state index in [0.717, 1.165) is 5.92 Å². The lowest BCUT2D eigenvalue weighted by atomic mass is 9.99. The number of alkyl halides is 1. The van der Waals surface area contributed by atoms with Gasteiger partial charge in [0.2, 0.25) is 0 Å². The number of halogens is 1. The first-order valence-corrected chi connectivity index (χ1v) is 8.78. The van der Waals surface area contributed by atoms with Gasteiger partial charge in [-0.1, -0.05) is 79.4 Å². The smallest absolute Gasteiger partial charge is 0.00313 e. The van der Waals surface area contributed by atoms with Gasteiger partial charge < -0.3 is 0 Å². The van der Waals surface area contributed by atoms with Crippen LogP contribution >= 0.6 is 15.9 Å². The molecule has 0 fully saturated rings. The van der Waals surface area contributed by atoms with Crippen LogP contribution in [0.4, 0.5) is 0 Å². The van der Waals surface area contributed by atoms with Gasteiger partial charge in [-0.2, -0.15) is 0 Å². The lowest BCUT2D eigenvalue weighted by Crippen LogP contribution is -1.91. The molecule has 1 aliphatic rings. The van der Waals surface area contributed by atoms with Crippen LogP contribution in [-0.4, -0.2) is 5.33 Å².